The third kappa shape index (κ3) is 4.83. The minimum absolute atomic E-state index is 0.00618. The van der Waals surface area contributed by atoms with Crippen LogP contribution in [-0.4, -0.2) is 62.6 Å². The zero-order chi connectivity index (χ0) is 23.7. The summed E-state index contributed by atoms with van der Waals surface area (Å²) >= 11 is 7.95. The van der Waals surface area contributed by atoms with Gasteiger partial charge < -0.3 is 20.3 Å². The van der Waals surface area contributed by atoms with E-state index >= 15 is 0 Å². The molecule has 1 aromatic carbocycles. The van der Waals surface area contributed by atoms with Crippen molar-refractivity contribution < 1.29 is 14.9 Å². The number of rotatable bonds is 7. The number of benzene rings is 1. The average Bonchev–Trinajstić information content (AvgIpc) is 3.52. The van der Waals surface area contributed by atoms with Crippen LogP contribution in [0, 0.1) is 0 Å². The van der Waals surface area contributed by atoms with Gasteiger partial charge in [0.25, 0.3) is 0 Å². The topological polar surface area (TPSA) is 94.0 Å². The molecule has 2 aliphatic rings. The zero-order valence-corrected chi connectivity index (χ0v) is 20.5. The van der Waals surface area contributed by atoms with Crippen molar-refractivity contribution in [3.05, 3.63) is 63.4 Å². The highest BCUT2D eigenvalue weighted by Gasteiger charge is 2.33. The summed E-state index contributed by atoms with van der Waals surface area (Å²) in [5.41, 5.74) is 3.76. The van der Waals surface area contributed by atoms with Crippen LogP contribution in [0.4, 0.5) is 5.82 Å². The van der Waals surface area contributed by atoms with E-state index in [1.165, 1.54) is 0 Å². The fraction of sp³-hybridized carbons (Fsp3) is 0.417. The molecular formula is C24H28ClN5O3S. The van der Waals surface area contributed by atoms with E-state index in [2.05, 4.69) is 34.3 Å². The summed E-state index contributed by atoms with van der Waals surface area (Å²) in [7, 11) is 0. The van der Waals surface area contributed by atoms with E-state index in [9.17, 15) is 10.2 Å². The first kappa shape index (κ1) is 23.6. The van der Waals surface area contributed by atoms with Gasteiger partial charge in [0.2, 0.25) is 5.28 Å². The zero-order valence-electron chi connectivity index (χ0n) is 18.9. The van der Waals surface area contributed by atoms with E-state index in [-0.39, 0.29) is 17.9 Å². The fourth-order valence-corrected chi connectivity index (χ4v) is 5.73. The molecule has 2 unspecified atom stereocenters. The van der Waals surface area contributed by atoms with Gasteiger partial charge in [0.1, 0.15) is 5.82 Å². The molecule has 0 bridgehead atoms. The highest BCUT2D eigenvalue weighted by molar-refractivity contribution is 7.15. The quantitative estimate of drug-likeness (QED) is 0.424. The average molecular weight is 502 g/mol. The third-order valence-electron chi connectivity index (χ3n) is 6.34. The molecule has 10 heteroatoms. The number of aromatic nitrogens is 2. The molecule has 0 saturated carbocycles. The number of hydrogen-bond acceptors (Lipinski definition) is 9. The van der Waals surface area contributed by atoms with Crippen molar-refractivity contribution in [2.45, 2.75) is 39.0 Å². The second kappa shape index (κ2) is 10.2. The molecule has 8 nitrogen and oxygen atoms in total. The number of nitrogens with zero attached hydrogens (tertiary/aromatic N) is 4. The summed E-state index contributed by atoms with van der Waals surface area (Å²) in [5.74, 6) is 0.699. The normalized spacial score (nSPS) is 18.6. The largest absolute Gasteiger partial charge is 0.392 e. The maximum Gasteiger partial charge on any atom is 0.224 e. The Morgan fingerprint density at radius 1 is 1.12 bits per heavy atom. The number of ether oxygens (including phenoxy) is 1. The summed E-state index contributed by atoms with van der Waals surface area (Å²) in [5, 5.41) is 24.3. The van der Waals surface area contributed by atoms with E-state index in [0.29, 0.717) is 45.2 Å². The predicted molar refractivity (Wildman–Crippen MR) is 132 cm³/mol. The lowest BCUT2D eigenvalue weighted by atomic mass is 10.1. The molecule has 4 heterocycles. The number of aliphatic hydroxyl groups is 2. The minimum Gasteiger partial charge on any atom is -0.392 e. The highest BCUT2D eigenvalue weighted by atomic mass is 35.5. The van der Waals surface area contributed by atoms with Gasteiger partial charge >= 0.3 is 0 Å². The van der Waals surface area contributed by atoms with Crippen molar-refractivity contribution in [1.29, 1.82) is 0 Å². The molecule has 180 valence electrons. The van der Waals surface area contributed by atoms with Crippen LogP contribution in [-0.2, 0) is 24.4 Å². The predicted octanol–water partition coefficient (Wildman–Crippen LogP) is 3.45. The molecule has 2 atom stereocenters. The molecule has 2 aliphatic heterocycles. The molecule has 5 rings (SSSR count). The van der Waals surface area contributed by atoms with Crippen LogP contribution in [0.25, 0.3) is 10.4 Å². The SMILES string of the molecule is CC(Nc1nc(Cl)nc2c1CN(C(O)N1CCOCC1)C2)c1ccc(-c2ccccc2CO)s1. The van der Waals surface area contributed by atoms with E-state index in [0.717, 1.165) is 32.1 Å². The standard InChI is InChI=1S/C24H28ClN5O3S/c1-15(20-6-7-21(34-20)17-5-3-2-4-16(17)14-31)26-22-18-12-30(13-19(18)27-23(25)28-22)24(32)29-8-10-33-11-9-29/h2-7,15,24,31-32H,8-14H2,1H3,(H,26,27,28). The summed E-state index contributed by atoms with van der Waals surface area (Å²) in [4.78, 5) is 15.2. The van der Waals surface area contributed by atoms with E-state index in [1.807, 2.05) is 34.1 Å². The van der Waals surface area contributed by atoms with Gasteiger partial charge in [-0.1, -0.05) is 24.3 Å². The molecule has 34 heavy (non-hydrogen) atoms. The van der Waals surface area contributed by atoms with Crippen LogP contribution in [0.3, 0.4) is 0 Å². The first-order valence-corrected chi connectivity index (χ1v) is 12.6. The number of hydrogen-bond donors (Lipinski definition) is 3. The van der Waals surface area contributed by atoms with Crippen LogP contribution in [0.15, 0.2) is 36.4 Å². The van der Waals surface area contributed by atoms with Gasteiger partial charge in [-0.25, -0.2) is 9.97 Å². The lowest BCUT2D eigenvalue weighted by molar-refractivity contribution is -0.142. The lowest BCUT2D eigenvalue weighted by Crippen LogP contribution is -2.50. The second-order valence-electron chi connectivity index (χ2n) is 8.55. The van der Waals surface area contributed by atoms with Gasteiger partial charge in [-0.2, -0.15) is 0 Å². The van der Waals surface area contributed by atoms with Crippen LogP contribution >= 0.6 is 22.9 Å². The molecule has 0 amide bonds. The minimum atomic E-state index is -0.700. The Bertz CT molecular complexity index is 1150. The molecular weight excluding hydrogens is 474 g/mol. The number of morpholine rings is 1. The van der Waals surface area contributed by atoms with Gasteiger partial charge in [0.15, 0.2) is 6.35 Å². The monoisotopic (exact) mass is 501 g/mol. The lowest BCUT2D eigenvalue weighted by Gasteiger charge is -2.35. The van der Waals surface area contributed by atoms with Crippen molar-refractivity contribution in [2.75, 3.05) is 31.6 Å². The van der Waals surface area contributed by atoms with Crippen molar-refractivity contribution in [1.82, 2.24) is 19.8 Å². The first-order chi connectivity index (χ1) is 16.5. The van der Waals surface area contributed by atoms with Gasteiger partial charge in [0.05, 0.1) is 31.6 Å². The van der Waals surface area contributed by atoms with Gasteiger partial charge in [0, 0.05) is 41.5 Å². The number of fused-ring (bicyclic) bond motifs is 1. The van der Waals surface area contributed by atoms with Crippen LogP contribution < -0.4 is 5.32 Å². The Hall–Kier alpha value is -2.11. The number of anilines is 1. The van der Waals surface area contributed by atoms with Crippen molar-refractivity contribution in [3.63, 3.8) is 0 Å². The summed E-state index contributed by atoms with van der Waals surface area (Å²) in [6.07, 6.45) is -0.700. The number of nitrogens with one attached hydrogen (secondary N) is 1. The number of halogens is 1. The Kier molecular flexibility index (Phi) is 7.12. The number of aliphatic hydroxyl groups excluding tert-OH is 2. The molecule has 3 aromatic rings. The molecule has 0 radical (unpaired) electrons. The van der Waals surface area contributed by atoms with Gasteiger partial charge in [-0.05, 0) is 41.8 Å². The van der Waals surface area contributed by atoms with Crippen LogP contribution in [0.1, 0.15) is 34.7 Å². The molecule has 2 aromatic heterocycles. The Morgan fingerprint density at radius 2 is 1.91 bits per heavy atom. The molecule has 0 spiro atoms. The molecule has 1 fully saturated rings. The molecule has 3 N–H and O–H groups in total. The van der Waals surface area contributed by atoms with E-state index in [1.54, 1.807) is 11.3 Å². The molecule has 0 aliphatic carbocycles. The summed E-state index contributed by atoms with van der Waals surface area (Å²) < 4.78 is 5.41. The smallest absolute Gasteiger partial charge is 0.224 e. The van der Waals surface area contributed by atoms with Crippen molar-refractivity contribution in [2.24, 2.45) is 0 Å². The maximum atomic E-state index is 10.9. The van der Waals surface area contributed by atoms with E-state index in [4.69, 9.17) is 16.3 Å². The van der Waals surface area contributed by atoms with Gasteiger partial charge in [-0.3, -0.25) is 9.80 Å². The Morgan fingerprint density at radius 3 is 2.71 bits per heavy atom. The number of thiophene rings is 1. The molecule has 1 saturated heterocycles. The fourth-order valence-electron chi connectivity index (χ4n) is 4.48. The van der Waals surface area contributed by atoms with Gasteiger partial charge in [-0.15, -0.1) is 11.3 Å². The second-order valence-corrected chi connectivity index (χ2v) is 10.0. The summed E-state index contributed by atoms with van der Waals surface area (Å²) in [6, 6.07) is 12.1. The van der Waals surface area contributed by atoms with Crippen LogP contribution in [0.2, 0.25) is 5.28 Å². The third-order valence-corrected chi connectivity index (χ3v) is 7.81. The summed E-state index contributed by atoms with van der Waals surface area (Å²) in [6.45, 7) is 5.80. The van der Waals surface area contributed by atoms with Crippen molar-refractivity contribution >= 4 is 28.8 Å². The maximum absolute atomic E-state index is 10.9. The highest BCUT2D eigenvalue weighted by Crippen LogP contribution is 2.36. The first-order valence-electron chi connectivity index (χ1n) is 11.4. The Balaban J connectivity index is 1.33. The van der Waals surface area contributed by atoms with Crippen molar-refractivity contribution in [3.8, 4) is 10.4 Å². The Labute approximate surface area is 207 Å². The van der Waals surface area contributed by atoms with E-state index < -0.39 is 6.35 Å². The van der Waals surface area contributed by atoms with Crippen LogP contribution in [0.5, 0.6) is 0 Å².